The van der Waals surface area contributed by atoms with Crippen LogP contribution in [0.5, 0.6) is 0 Å². The highest BCUT2D eigenvalue weighted by atomic mass is 16.5. The van der Waals surface area contributed by atoms with E-state index in [0.29, 0.717) is 24.0 Å². The molecule has 150 valence electrons. The average molecular weight is 374 g/mol. The number of hydrogen-bond acceptors (Lipinski definition) is 4. The lowest BCUT2D eigenvalue weighted by molar-refractivity contribution is -0.134. The second kappa shape index (κ2) is 8.91. The van der Waals surface area contributed by atoms with Crippen molar-refractivity contribution in [3.05, 3.63) is 23.8 Å². The Bertz CT molecular complexity index is 558. The van der Waals surface area contributed by atoms with E-state index in [0.717, 1.165) is 18.7 Å². The zero-order chi connectivity index (χ0) is 18.5. The molecule has 4 aliphatic rings. The molecule has 0 N–H and O–H groups in total. The maximum atomic E-state index is 11.1. The van der Waals surface area contributed by atoms with Crippen LogP contribution in [0.1, 0.15) is 64.2 Å². The third-order valence-corrected chi connectivity index (χ3v) is 7.31. The van der Waals surface area contributed by atoms with Gasteiger partial charge in [0.2, 0.25) is 0 Å². The Morgan fingerprint density at radius 3 is 2.48 bits per heavy atom. The van der Waals surface area contributed by atoms with E-state index < -0.39 is 0 Å². The summed E-state index contributed by atoms with van der Waals surface area (Å²) >= 11 is 0. The fraction of sp³-hybridized carbons (Fsp3) is 0.783. The number of carbonyl (C=O) groups excluding carboxylic acids is 1. The van der Waals surface area contributed by atoms with E-state index in [4.69, 9.17) is 9.47 Å². The Balaban J connectivity index is 1.15. The molecule has 4 nitrogen and oxygen atoms in total. The van der Waals surface area contributed by atoms with Gasteiger partial charge in [0.05, 0.1) is 12.7 Å². The van der Waals surface area contributed by atoms with Crippen molar-refractivity contribution in [1.82, 2.24) is 4.90 Å². The first-order valence-corrected chi connectivity index (χ1v) is 11.1. The molecule has 0 aromatic heterocycles. The van der Waals surface area contributed by atoms with E-state index in [-0.39, 0.29) is 5.97 Å². The number of cyclic esters (lactones) is 1. The van der Waals surface area contributed by atoms with Crippen LogP contribution in [0.4, 0.5) is 0 Å². The SMILES string of the molecule is O=C1C=C(C=CC2CCC3(CC2)CCC(OCCN2CCCC2)CC3)CO1. The smallest absolute Gasteiger partial charge is 0.331 e. The molecule has 0 atom stereocenters. The molecule has 4 heteroatoms. The van der Waals surface area contributed by atoms with Crippen LogP contribution in [0.3, 0.4) is 0 Å². The molecular weight excluding hydrogens is 338 g/mol. The predicted octanol–water partition coefficient (Wildman–Crippen LogP) is 4.26. The van der Waals surface area contributed by atoms with E-state index in [1.807, 2.05) is 0 Å². The lowest BCUT2D eigenvalue weighted by Gasteiger charge is -2.44. The topological polar surface area (TPSA) is 38.8 Å². The van der Waals surface area contributed by atoms with Crippen molar-refractivity contribution >= 4 is 5.97 Å². The van der Waals surface area contributed by atoms with E-state index in [1.165, 1.54) is 77.3 Å². The summed E-state index contributed by atoms with van der Waals surface area (Å²) in [5.41, 5.74) is 1.61. The van der Waals surface area contributed by atoms with Gasteiger partial charge in [-0.25, -0.2) is 4.79 Å². The molecule has 0 aromatic rings. The molecular formula is C23H35NO3. The molecule has 0 radical (unpaired) electrons. The van der Waals surface area contributed by atoms with E-state index in [1.54, 1.807) is 6.08 Å². The maximum Gasteiger partial charge on any atom is 0.331 e. The zero-order valence-corrected chi connectivity index (χ0v) is 16.7. The molecule has 27 heavy (non-hydrogen) atoms. The predicted molar refractivity (Wildman–Crippen MR) is 106 cm³/mol. The van der Waals surface area contributed by atoms with Crippen LogP contribution in [0.2, 0.25) is 0 Å². The van der Waals surface area contributed by atoms with Crippen molar-refractivity contribution in [1.29, 1.82) is 0 Å². The van der Waals surface area contributed by atoms with Crippen LogP contribution in [-0.4, -0.2) is 49.8 Å². The van der Waals surface area contributed by atoms with E-state index >= 15 is 0 Å². The number of likely N-dealkylation sites (tertiary alicyclic amines) is 1. The van der Waals surface area contributed by atoms with Gasteiger partial charge < -0.3 is 14.4 Å². The minimum atomic E-state index is -0.198. The van der Waals surface area contributed by atoms with Crippen molar-refractivity contribution in [3.8, 4) is 0 Å². The Kier molecular flexibility index (Phi) is 6.34. The summed E-state index contributed by atoms with van der Waals surface area (Å²) in [7, 11) is 0. The van der Waals surface area contributed by atoms with E-state index in [9.17, 15) is 4.79 Å². The Morgan fingerprint density at radius 2 is 1.81 bits per heavy atom. The second-order valence-electron chi connectivity index (χ2n) is 9.14. The number of hydrogen-bond donors (Lipinski definition) is 0. The second-order valence-corrected chi connectivity index (χ2v) is 9.14. The molecule has 1 saturated heterocycles. The Hall–Kier alpha value is -1.13. The lowest BCUT2D eigenvalue weighted by atomic mass is 9.63. The Morgan fingerprint density at radius 1 is 1.11 bits per heavy atom. The molecule has 3 fully saturated rings. The molecule has 4 rings (SSSR count). The molecule has 2 aliphatic carbocycles. The summed E-state index contributed by atoms with van der Waals surface area (Å²) in [5, 5.41) is 0. The summed E-state index contributed by atoms with van der Waals surface area (Å²) in [5.74, 6) is 0.471. The summed E-state index contributed by atoms with van der Waals surface area (Å²) < 4.78 is 11.2. The van der Waals surface area contributed by atoms with Gasteiger partial charge in [-0.2, -0.15) is 0 Å². The molecule has 0 unspecified atom stereocenters. The average Bonchev–Trinajstić information content (AvgIpc) is 3.35. The van der Waals surface area contributed by atoms with Gasteiger partial charge in [-0.1, -0.05) is 12.2 Å². The highest BCUT2D eigenvalue weighted by Crippen LogP contribution is 2.49. The van der Waals surface area contributed by atoms with Gasteiger partial charge in [-0.15, -0.1) is 0 Å². The van der Waals surface area contributed by atoms with Crippen molar-refractivity contribution in [2.45, 2.75) is 70.3 Å². The van der Waals surface area contributed by atoms with Crippen molar-refractivity contribution in [2.24, 2.45) is 11.3 Å². The van der Waals surface area contributed by atoms with Crippen molar-refractivity contribution < 1.29 is 14.3 Å². The first-order chi connectivity index (χ1) is 13.2. The standard InChI is InChI=1S/C23H35NO3/c25-22-17-20(18-27-22)4-3-19-5-9-23(10-6-19)11-7-21(8-12-23)26-16-15-24-13-1-2-14-24/h3-4,17,19,21H,1-2,5-16,18H2. The van der Waals surface area contributed by atoms with Crippen LogP contribution >= 0.6 is 0 Å². The minimum Gasteiger partial charge on any atom is -0.458 e. The lowest BCUT2D eigenvalue weighted by Crippen LogP contribution is -2.35. The normalized spacial score (nSPS) is 35.1. The summed E-state index contributed by atoms with van der Waals surface area (Å²) in [6.45, 7) is 5.04. The van der Waals surface area contributed by atoms with Gasteiger partial charge in [0.1, 0.15) is 6.61 Å². The van der Waals surface area contributed by atoms with Gasteiger partial charge in [-0.05, 0) is 94.2 Å². The fourth-order valence-corrected chi connectivity index (χ4v) is 5.42. The Labute approximate surface area is 164 Å². The first kappa shape index (κ1) is 19.2. The molecule has 2 heterocycles. The van der Waals surface area contributed by atoms with Gasteiger partial charge >= 0.3 is 5.97 Å². The summed E-state index contributed by atoms with van der Waals surface area (Å²) in [6.07, 6.45) is 19.8. The monoisotopic (exact) mass is 373 g/mol. The van der Waals surface area contributed by atoms with Crippen LogP contribution in [0.15, 0.2) is 23.8 Å². The van der Waals surface area contributed by atoms with Gasteiger partial charge in [0.15, 0.2) is 0 Å². The van der Waals surface area contributed by atoms with Crippen LogP contribution in [0.25, 0.3) is 0 Å². The highest BCUT2D eigenvalue weighted by molar-refractivity contribution is 5.85. The van der Waals surface area contributed by atoms with Gasteiger partial charge in [0.25, 0.3) is 0 Å². The molecule has 0 amide bonds. The first-order valence-electron chi connectivity index (χ1n) is 11.1. The third kappa shape index (κ3) is 5.23. The van der Waals surface area contributed by atoms with Crippen molar-refractivity contribution in [2.75, 3.05) is 32.8 Å². The highest BCUT2D eigenvalue weighted by Gasteiger charge is 2.38. The quantitative estimate of drug-likeness (QED) is 0.652. The molecule has 2 saturated carbocycles. The molecule has 0 aromatic carbocycles. The fourth-order valence-electron chi connectivity index (χ4n) is 5.42. The van der Waals surface area contributed by atoms with E-state index in [2.05, 4.69) is 17.1 Å². The number of esters is 1. The molecule has 0 bridgehead atoms. The minimum absolute atomic E-state index is 0.198. The summed E-state index contributed by atoms with van der Waals surface area (Å²) in [4.78, 5) is 13.7. The van der Waals surface area contributed by atoms with Crippen molar-refractivity contribution in [3.63, 3.8) is 0 Å². The largest absolute Gasteiger partial charge is 0.458 e. The third-order valence-electron chi connectivity index (χ3n) is 7.31. The van der Waals surface area contributed by atoms with Crippen LogP contribution in [-0.2, 0) is 14.3 Å². The zero-order valence-electron chi connectivity index (χ0n) is 16.7. The van der Waals surface area contributed by atoms with Gasteiger partial charge in [-0.3, -0.25) is 0 Å². The number of rotatable bonds is 6. The van der Waals surface area contributed by atoms with Gasteiger partial charge in [0, 0.05) is 12.6 Å². The number of allylic oxidation sites excluding steroid dienone is 1. The number of ether oxygens (including phenoxy) is 2. The number of nitrogens with zero attached hydrogens (tertiary/aromatic N) is 1. The molecule has 1 spiro atoms. The maximum absolute atomic E-state index is 11.1. The van der Waals surface area contributed by atoms with Crippen LogP contribution < -0.4 is 0 Å². The summed E-state index contributed by atoms with van der Waals surface area (Å²) in [6, 6.07) is 0. The van der Waals surface area contributed by atoms with Crippen LogP contribution in [0, 0.1) is 11.3 Å². The molecule has 2 aliphatic heterocycles. The number of carbonyl (C=O) groups is 1.